The van der Waals surface area contributed by atoms with Gasteiger partial charge < -0.3 is 9.32 Å². The molecule has 260 valence electrons. The summed E-state index contributed by atoms with van der Waals surface area (Å²) in [4.78, 5) is 2.46. The zero-order valence-electron chi connectivity index (χ0n) is 30.9. The van der Waals surface area contributed by atoms with Crippen molar-refractivity contribution >= 4 is 38.9 Å². The minimum Gasteiger partial charge on any atom is -0.456 e. The van der Waals surface area contributed by atoms with Crippen molar-refractivity contribution in [2.75, 3.05) is 4.90 Å². The van der Waals surface area contributed by atoms with Crippen molar-refractivity contribution in [2.45, 2.75) is 26.2 Å². The van der Waals surface area contributed by atoms with Crippen LogP contribution < -0.4 is 4.90 Å². The highest BCUT2D eigenvalue weighted by Gasteiger charge is 2.40. The Hall–Kier alpha value is -6.64. The van der Waals surface area contributed by atoms with Crippen LogP contribution in [0.1, 0.15) is 31.9 Å². The van der Waals surface area contributed by atoms with Gasteiger partial charge in [-0.05, 0) is 75.7 Å². The molecule has 1 aliphatic rings. The van der Waals surface area contributed by atoms with Gasteiger partial charge in [0.25, 0.3) is 0 Å². The Morgan fingerprint density at radius 3 is 1.91 bits per heavy atom. The summed E-state index contributed by atoms with van der Waals surface area (Å²) < 4.78 is 6.55. The lowest BCUT2D eigenvalue weighted by Gasteiger charge is -2.32. The molecule has 0 aliphatic heterocycles. The first-order chi connectivity index (χ1) is 26.5. The third-order valence-electron chi connectivity index (χ3n) is 11.1. The molecular weight excluding hydrogens is 655 g/mol. The summed E-state index contributed by atoms with van der Waals surface area (Å²) in [5.74, 6) is 0. The van der Waals surface area contributed by atoms with Gasteiger partial charge in [0.05, 0.1) is 5.69 Å². The van der Waals surface area contributed by atoms with Gasteiger partial charge in [-0.3, -0.25) is 0 Å². The van der Waals surface area contributed by atoms with E-state index in [4.69, 9.17) is 4.42 Å². The second-order valence-electron chi connectivity index (χ2n) is 14.5. The lowest BCUT2D eigenvalue weighted by Crippen LogP contribution is -2.19. The molecule has 0 unspecified atom stereocenters. The molecule has 0 bridgehead atoms. The Kier molecular flexibility index (Phi) is 8.24. The van der Waals surface area contributed by atoms with Crippen molar-refractivity contribution in [3.63, 3.8) is 0 Å². The highest BCUT2D eigenvalue weighted by atomic mass is 16.3. The first kappa shape index (κ1) is 33.2. The number of para-hydroxylation sites is 1. The molecule has 0 saturated carbocycles. The van der Waals surface area contributed by atoms with Gasteiger partial charge in [-0.1, -0.05) is 172 Å². The number of anilines is 2. The van der Waals surface area contributed by atoms with Crippen LogP contribution in [-0.2, 0) is 5.41 Å². The fourth-order valence-corrected chi connectivity index (χ4v) is 8.57. The maximum atomic E-state index is 6.55. The summed E-state index contributed by atoms with van der Waals surface area (Å²) in [5, 5.41) is 2.22. The first-order valence-corrected chi connectivity index (χ1v) is 18.6. The van der Waals surface area contributed by atoms with Crippen LogP contribution in [0.5, 0.6) is 0 Å². The molecule has 0 atom stereocenters. The Bertz CT molecular complexity index is 2760. The Morgan fingerprint density at radius 2 is 1.17 bits per heavy atom. The van der Waals surface area contributed by atoms with E-state index in [0.717, 1.165) is 55.7 Å². The summed E-state index contributed by atoms with van der Waals surface area (Å²) in [6.45, 7) is 11.1. The average molecular weight is 696 g/mol. The van der Waals surface area contributed by atoms with Gasteiger partial charge in [0.2, 0.25) is 0 Å². The highest BCUT2D eigenvalue weighted by Crippen LogP contribution is 2.54. The Balaban J connectivity index is 1.41. The third-order valence-corrected chi connectivity index (χ3v) is 11.1. The molecule has 9 rings (SSSR count). The van der Waals surface area contributed by atoms with E-state index < -0.39 is 0 Å². The fraction of sp³-hybridized carbons (Fsp3) is 0.0769. The number of hydrogen-bond acceptors (Lipinski definition) is 2. The molecule has 1 aliphatic carbocycles. The predicted octanol–water partition coefficient (Wildman–Crippen LogP) is 14.6. The van der Waals surface area contributed by atoms with Crippen molar-refractivity contribution in [3.8, 4) is 33.4 Å². The monoisotopic (exact) mass is 695 g/mol. The number of hydrogen-bond donors (Lipinski definition) is 0. The van der Waals surface area contributed by atoms with Crippen LogP contribution in [0.25, 0.3) is 60.9 Å². The summed E-state index contributed by atoms with van der Waals surface area (Å²) in [6.07, 6.45) is 4.13. The maximum Gasteiger partial charge on any atom is 0.137 e. The van der Waals surface area contributed by atoms with Gasteiger partial charge in [-0.25, -0.2) is 0 Å². The van der Waals surface area contributed by atoms with Crippen LogP contribution >= 0.6 is 0 Å². The molecule has 0 amide bonds. The van der Waals surface area contributed by atoms with Gasteiger partial charge in [0.15, 0.2) is 0 Å². The summed E-state index contributed by atoms with van der Waals surface area (Å²) in [5.41, 5.74) is 16.8. The number of allylic oxidation sites excluding steroid dienone is 5. The molecule has 1 heterocycles. The number of benzene rings is 7. The molecule has 0 N–H and O–H groups in total. The average Bonchev–Trinajstić information content (AvgIpc) is 3.70. The van der Waals surface area contributed by atoms with E-state index in [1.54, 1.807) is 0 Å². The van der Waals surface area contributed by atoms with E-state index in [0.29, 0.717) is 0 Å². The van der Waals surface area contributed by atoms with E-state index >= 15 is 0 Å². The van der Waals surface area contributed by atoms with E-state index in [-0.39, 0.29) is 5.41 Å². The largest absolute Gasteiger partial charge is 0.456 e. The Morgan fingerprint density at radius 1 is 0.574 bits per heavy atom. The molecule has 2 heteroatoms. The standard InChI is InChI=1S/C52H41NO/c1-5-19-46-50(44-27-14-16-29-45(44)52(46,3)4)35(2)53(38-32-33-42-41-25-15-17-31-48(41)54-49(42)34-38)47-30-18-28-40(37-22-10-7-11-23-37)51(47)43-26-13-12-24-39(43)36-20-8-6-9-21-36/h5-34H,1H2,2-4H3/b46-19?,50-35+. The zero-order valence-corrected chi connectivity index (χ0v) is 30.9. The third kappa shape index (κ3) is 5.42. The molecular formula is C52H41NO. The van der Waals surface area contributed by atoms with Gasteiger partial charge in [0, 0.05) is 44.8 Å². The van der Waals surface area contributed by atoms with Crippen molar-refractivity contribution in [1.29, 1.82) is 0 Å². The van der Waals surface area contributed by atoms with Crippen LogP contribution in [0.4, 0.5) is 11.4 Å². The zero-order chi connectivity index (χ0) is 36.8. The van der Waals surface area contributed by atoms with E-state index in [1.807, 2.05) is 18.2 Å². The number of nitrogens with zero attached hydrogens (tertiary/aromatic N) is 1. The normalized spacial score (nSPS) is 15.1. The highest BCUT2D eigenvalue weighted by molar-refractivity contribution is 6.07. The first-order valence-electron chi connectivity index (χ1n) is 18.6. The van der Waals surface area contributed by atoms with Gasteiger partial charge in [-0.2, -0.15) is 0 Å². The second kappa shape index (κ2) is 13.4. The minimum absolute atomic E-state index is 0.218. The van der Waals surface area contributed by atoms with Gasteiger partial charge in [0.1, 0.15) is 11.2 Å². The summed E-state index contributed by atoms with van der Waals surface area (Å²) in [6, 6.07) is 60.8. The van der Waals surface area contributed by atoms with Gasteiger partial charge in [-0.15, -0.1) is 0 Å². The second-order valence-corrected chi connectivity index (χ2v) is 14.5. The number of rotatable bonds is 7. The van der Waals surface area contributed by atoms with E-state index in [9.17, 15) is 0 Å². The molecule has 0 spiro atoms. The molecule has 2 nitrogen and oxygen atoms in total. The number of furan rings is 1. The molecule has 0 saturated heterocycles. The SMILES string of the molecule is C=CC=C1/C(=C(\C)N(c2ccc3c(c2)oc2ccccc23)c2cccc(-c3ccccc3)c2-c2ccccc2-c2ccccc2)c2ccccc2C1(C)C. The topological polar surface area (TPSA) is 16.4 Å². The smallest absolute Gasteiger partial charge is 0.137 e. The molecule has 0 radical (unpaired) electrons. The van der Waals surface area contributed by atoms with Crippen LogP contribution in [0, 0.1) is 0 Å². The summed E-state index contributed by atoms with van der Waals surface area (Å²) in [7, 11) is 0. The van der Waals surface area contributed by atoms with Crippen molar-refractivity contribution < 1.29 is 4.42 Å². The predicted molar refractivity (Wildman–Crippen MR) is 229 cm³/mol. The molecule has 7 aromatic carbocycles. The summed E-state index contributed by atoms with van der Waals surface area (Å²) >= 11 is 0. The molecule has 0 fully saturated rings. The lowest BCUT2D eigenvalue weighted by atomic mass is 9.81. The van der Waals surface area contributed by atoms with Crippen LogP contribution in [0.15, 0.2) is 204 Å². The van der Waals surface area contributed by atoms with Crippen LogP contribution in [0.3, 0.4) is 0 Å². The molecule has 1 aromatic heterocycles. The maximum absolute atomic E-state index is 6.55. The van der Waals surface area contributed by atoms with Crippen molar-refractivity contribution in [2.24, 2.45) is 0 Å². The van der Waals surface area contributed by atoms with E-state index in [1.165, 1.54) is 39.0 Å². The fourth-order valence-electron chi connectivity index (χ4n) is 8.57. The number of fused-ring (bicyclic) bond motifs is 4. The van der Waals surface area contributed by atoms with Crippen molar-refractivity contribution in [1.82, 2.24) is 0 Å². The lowest BCUT2D eigenvalue weighted by molar-refractivity contribution is 0.660. The van der Waals surface area contributed by atoms with Crippen LogP contribution in [0.2, 0.25) is 0 Å². The van der Waals surface area contributed by atoms with E-state index in [2.05, 4.69) is 196 Å². The Labute approximate surface area is 317 Å². The van der Waals surface area contributed by atoms with Crippen LogP contribution in [-0.4, -0.2) is 0 Å². The minimum atomic E-state index is -0.218. The van der Waals surface area contributed by atoms with Crippen molar-refractivity contribution in [3.05, 3.63) is 211 Å². The molecule has 8 aromatic rings. The van der Waals surface area contributed by atoms with Gasteiger partial charge >= 0.3 is 0 Å². The molecule has 54 heavy (non-hydrogen) atoms. The quantitative estimate of drug-likeness (QED) is 0.165.